The normalized spacial score (nSPS) is 14.6. The van der Waals surface area contributed by atoms with Crippen LogP contribution in [0.1, 0.15) is 61.3 Å². The second-order valence-corrected chi connectivity index (χ2v) is 6.43. The molecular weight excluding hydrogens is 210 g/mol. The van der Waals surface area contributed by atoms with Crippen LogP contribution < -0.4 is 5.32 Å². The zero-order chi connectivity index (χ0) is 13.5. The minimum absolute atomic E-state index is 0.172. The molecule has 0 aliphatic rings. The first-order valence-electron chi connectivity index (χ1n) is 7.16. The predicted molar refractivity (Wildman–Crippen MR) is 76.4 cm³/mol. The van der Waals surface area contributed by atoms with Gasteiger partial charge in [0.25, 0.3) is 0 Å². The smallest absolute Gasteiger partial charge is 0.0722 e. The van der Waals surface area contributed by atoms with Crippen LogP contribution >= 0.6 is 0 Å². The summed E-state index contributed by atoms with van der Waals surface area (Å²) in [6.45, 7) is 17.4. The Hall–Kier alpha value is -0.0800. The van der Waals surface area contributed by atoms with E-state index in [9.17, 15) is 0 Å². The fourth-order valence-corrected chi connectivity index (χ4v) is 1.68. The summed E-state index contributed by atoms with van der Waals surface area (Å²) >= 11 is 0. The molecule has 1 N–H and O–H groups in total. The van der Waals surface area contributed by atoms with Crippen molar-refractivity contribution in [3.63, 3.8) is 0 Å². The fraction of sp³-hybridized carbons (Fsp3) is 1.00. The lowest BCUT2D eigenvalue weighted by Gasteiger charge is -2.28. The highest BCUT2D eigenvalue weighted by Gasteiger charge is 2.18. The summed E-state index contributed by atoms with van der Waals surface area (Å²) in [6.07, 6.45) is 2.76. The van der Waals surface area contributed by atoms with E-state index in [2.05, 4.69) is 53.8 Å². The lowest BCUT2D eigenvalue weighted by Crippen LogP contribution is -2.43. The van der Waals surface area contributed by atoms with Crippen molar-refractivity contribution >= 4 is 0 Å². The molecular formula is C15H33NO. The first-order chi connectivity index (χ1) is 7.80. The Morgan fingerprint density at radius 2 is 1.59 bits per heavy atom. The Morgan fingerprint density at radius 1 is 1.06 bits per heavy atom. The topological polar surface area (TPSA) is 21.3 Å². The summed E-state index contributed by atoms with van der Waals surface area (Å²) < 4.78 is 6.08. The second kappa shape index (κ2) is 8.10. The Bertz CT molecular complexity index is 180. The fourth-order valence-electron chi connectivity index (χ4n) is 1.68. The molecule has 0 radical (unpaired) electrons. The highest BCUT2D eigenvalue weighted by molar-refractivity contribution is 4.75. The van der Waals surface area contributed by atoms with Crippen LogP contribution in [0.5, 0.6) is 0 Å². The lowest BCUT2D eigenvalue weighted by molar-refractivity contribution is -0.00162. The maximum absolute atomic E-state index is 6.08. The monoisotopic (exact) mass is 243 g/mol. The van der Waals surface area contributed by atoms with Crippen molar-refractivity contribution in [2.45, 2.75) is 73.0 Å². The summed E-state index contributed by atoms with van der Waals surface area (Å²) in [7, 11) is 0. The van der Waals surface area contributed by atoms with Crippen molar-refractivity contribution in [3.05, 3.63) is 0 Å². The van der Waals surface area contributed by atoms with Crippen LogP contribution in [0.4, 0.5) is 0 Å². The van der Waals surface area contributed by atoms with Gasteiger partial charge in [-0.3, -0.25) is 0 Å². The Labute approximate surface area is 109 Å². The molecule has 0 spiro atoms. The van der Waals surface area contributed by atoms with Gasteiger partial charge in [-0.05, 0) is 32.6 Å². The number of hydrogen-bond acceptors (Lipinski definition) is 2. The van der Waals surface area contributed by atoms with Crippen LogP contribution in [-0.4, -0.2) is 24.8 Å². The molecule has 2 nitrogen and oxygen atoms in total. The van der Waals surface area contributed by atoms with Crippen LogP contribution in [0.2, 0.25) is 0 Å². The predicted octanol–water partition coefficient (Wildman–Crippen LogP) is 3.85. The highest BCUT2D eigenvalue weighted by Crippen LogP contribution is 2.13. The standard InChI is InChI=1S/C15H33NO/c1-8-13(9-2)11-17-14(12(3)4)10-16-15(5,6)7/h12-14,16H,8-11H2,1-7H3. The van der Waals surface area contributed by atoms with Gasteiger partial charge < -0.3 is 10.1 Å². The van der Waals surface area contributed by atoms with Gasteiger partial charge in [0, 0.05) is 18.7 Å². The van der Waals surface area contributed by atoms with E-state index in [0.29, 0.717) is 17.9 Å². The minimum Gasteiger partial charge on any atom is -0.376 e. The third kappa shape index (κ3) is 8.62. The molecule has 0 aromatic heterocycles. The number of nitrogens with one attached hydrogen (secondary N) is 1. The van der Waals surface area contributed by atoms with E-state index in [1.165, 1.54) is 12.8 Å². The highest BCUT2D eigenvalue weighted by atomic mass is 16.5. The molecule has 0 aliphatic carbocycles. The number of rotatable bonds is 8. The van der Waals surface area contributed by atoms with E-state index in [0.717, 1.165) is 13.2 Å². The Morgan fingerprint density at radius 3 is 1.94 bits per heavy atom. The molecule has 0 aliphatic heterocycles. The molecule has 0 saturated heterocycles. The molecule has 1 unspecified atom stereocenters. The average Bonchev–Trinajstić information content (AvgIpc) is 2.21. The van der Waals surface area contributed by atoms with Gasteiger partial charge >= 0.3 is 0 Å². The summed E-state index contributed by atoms with van der Waals surface area (Å²) in [6, 6.07) is 0. The van der Waals surface area contributed by atoms with Crippen LogP contribution in [0.15, 0.2) is 0 Å². The Balaban J connectivity index is 4.07. The SMILES string of the molecule is CCC(CC)COC(CNC(C)(C)C)C(C)C. The van der Waals surface area contributed by atoms with Crippen molar-refractivity contribution < 1.29 is 4.74 Å². The minimum atomic E-state index is 0.172. The zero-order valence-electron chi connectivity index (χ0n) is 13.0. The summed E-state index contributed by atoms with van der Waals surface area (Å²) in [4.78, 5) is 0. The molecule has 0 rings (SSSR count). The largest absolute Gasteiger partial charge is 0.376 e. The van der Waals surface area contributed by atoms with E-state index < -0.39 is 0 Å². The molecule has 104 valence electrons. The van der Waals surface area contributed by atoms with Crippen molar-refractivity contribution in [2.24, 2.45) is 11.8 Å². The number of ether oxygens (including phenoxy) is 1. The molecule has 0 heterocycles. The second-order valence-electron chi connectivity index (χ2n) is 6.43. The van der Waals surface area contributed by atoms with Crippen LogP contribution in [0.3, 0.4) is 0 Å². The molecule has 0 bridgehead atoms. The van der Waals surface area contributed by atoms with Gasteiger partial charge in [-0.1, -0.05) is 40.5 Å². The van der Waals surface area contributed by atoms with Gasteiger partial charge in [0.05, 0.1) is 6.10 Å². The molecule has 0 fully saturated rings. The molecule has 1 atom stereocenters. The summed E-state index contributed by atoms with van der Waals surface area (Å²) in [5.74, 6) is 1.28. The van der Waals surface area contributed by atoms with Crippen molar-refractivity contribution in [1.29, 1.82) is 0 Å². The molecule has 0 aromatic carbocycles. The van der Waals surface area contributed by atoms with Crippen LogP contribution in [0.25, 0.3) is 0 Å². The van der Waals surface area contributed by atoms with E-state index >= 15 is 0 Å². The maximum atomic E-state index is 6.08. The zero-order valence-corrected chi connectivity index (χ0v) is 13.0. The summed E-state index contributed by atoms with van der Waals surface area (Å²) in [5, 5.41) is 3.54. The van der Waals surface area contributed by atoms with Crippen molar-refractivity contribution in [2.75, 3.05) is 13.2 Å². The van der Waals surface area contributed by atoms with E-state index in [-0.39, 0.29) is 5.54 Å². The van der Waals surface area contributed by atoms with Gasteiger partial charge in [-0.25, -0.2) is 0 Å². The first-order valence-corrected chi connectivity index (χ1v) is 7.16. The van der Waals surface area contributed by atoms with Crippen molar-refractivity contribution in [3.8, 4) is 0 Å². The van der Waals surface area contributed by atoms with E-state index in [1.807, 2.05) is 0 Å². The van der Waals surface area contributed by atoms with Gasteiger partial charge in [0.1, 0.15) is 0 Å². The molecule has 2 heteroatoms. The molecule has 0 saturated carbocycles. The van der Waals surface area contributed by atoms with Crippen molar-refractivity contribution in [1.82, 2.24) is 5.32 Å². The van der Waals surface area contributed by atoms with Gasteiger partial charge in [-0.2, -0.15) is 0 Å². The van der Waals surface area contributed by atoms with E-state index in [4.69, 9.17) is 4.74 Å². The Kier molecular flexibility index (Phi) is 8.06. The first kappa shape index (κ1) is 16.9. The summed E-state index contributed by atoms with van der Waals surface area (Å²) in [5.41, 5.74) is 0.172. The molecule has 0 amide bonds. The van der Waals surface area contributed by atoms with Crippen LogP contribution in [0, 0.1) is 11.8 Å². The molecule has 17 heavy (non-hydrogen) atoms. The number of hydrogen-bond donors (Lipinski definition) is 1. The van der Waals surface area contributed by atoms with Gasteiger partial charge in [0.15, 0.2) is 0 Å². The maximum Gasteiger partial charge on any atom is 0.0722 e. The quantitative estimate of drug-likeness (QED) is 0.699. The van der Waals surface area contributed by atoms with Crippen LogP contribution in [-0.2, 0) is 4.74 Å². The third-order valence-electron chi connectivity index (χ3n) is 3.28. The van der Waals surface area contributed by atoms with Gasteiger partial charge in [-0.15, -0.1) is 0 Å². The van der Waals surface area contributed by atoms with E-state index in [1.54, 1.807) is 0 Å². The average molecular weight is 243 g/mol. The third-order valence-corrected chi connectivity index (χ3v) is 3.28. The van der Waals surface area contributed by atoms with Gasteiger partial charge in [0.2, 0.25) is 0 Å². The molecule has 0 aromatic rings. The lowest BCUT2D eigenvalue weighted by atomic mass is 10.0.